The zero-order valence-electron chi connectivity index (χ0n) is 18.1. The van der Waals surface area contributed by atoms with Gasteiger partial charge in [0.05, 0.1) is 26.4 Å². The van der Waals surface area contributed by atoms with E-state index in [1.54, 1.807) is 25.1 Å². The highest BCUT2D eigenvalue weighted by molar-refractivity contribution is 5.79. The number of aliphatic imine (C=N–C) groups is 1. The fraction of sp³-hybridized carbons (Fsp3) is 0.667. The van der Waals surface area contributed by atoms with E-state index in [9.17, 15) is 8.78 Å². The van der Waals surface area contributed by atoms with Gasteiger partial charge in [0.15, 0.2) is 17.5 Å². The Bertz CT molecular complexity index is 655. The number of alkyl halides is 2. The van der Waals surface area contributed by atoms with Crippen molar-refractivity contribution in [2.75, 3.05) is 52.5 Å². The number of benzene rings is 1. The van der Waals surface area contributed by atoms with Gasteiger partial charge in [-0.3, -0.25) is 4.90 Å². The van der Waals surface area contributed by atoms with Crippen LogP contribution < -0.4 is 20.1 Å². The molecule has 0 aromatic heterocycles. The van der Waals surface area contributed by atoms with Crippen LogP contribution in [-0.4, -0.2) is 70.0 Å². The number of para-hydroxylation sites is 1. The lowest BCUT2D eigenvalue weighted by atomic mass is 10.1. The maximum atomic E-state index is 12.9. The number of guanidine groups is 1. The zero-order valence-corrected chi connectivity index (χ0v) is 18.1. The molecular weight excluding hydrogens is 394 g/mol. The van der Waals surface area contributed by atoms with E-state index in [4.69, 9.17) is 14.2 Å². The standard InChI is InChI=1S/C21H34F2N4O3/c1-4-24-21(25-13-16(3)15-27-9-11-28-12-10-27)26-14-17-7-6-8-18(29-5-2)19(17)30-20(22)23/h6-8,16,20H,4-5,9-15H2,1-3H3,(H2,24,25,26). The highest BCUT2D eigenvalue weighted by atomic mass is 19.3. The van der Waals surface area contributed by atoms with Crippen molar-refractivity contribution in [3.05, 3.63) is 23.8 Å². The number of nitrogens with one attached hydrogen (secondary N) is 2. The minimum absolute atomic E-state index is 0.0367. The van der Waals surface area contributed by atoms with Crippen LogP contribution in [0.3, 0.4) is 0 Å². The molecule has 1 aliphatic heterocycles. The average Bonchev–Trinajstić information content (AvgIpc) is 2.72. The molecule has 7 nitrogen and oxygen atoms in total. The molecule has 1 heterocycles. The summed E-state index contributed by atoms with van der Waals surface area (Å²) >= 11 is 0. The van der Waals surface area contributed by atoms with E-state index >= 15 is 0 Å². The number of halogens is 2. The van der Waals surface area contributed by atoms with Crippen molar-refractivity contribution >= 4 is 5.96 Å². The fourth-order valence-corrected chi connectivity index (χ4v) is 3.24. The van der Waals surface area contributed by atoms with Crippen LogP contribution in [0, 0.1) is 5.92 Å². The quantitative estimate of drug-likeness (QED) is 0.417. The number of nitrogens with zero attached hydrogens (tertiary/aromatic N) is 2. The largest absolute Gasteiger partial charge is 0.490 e. The summed E-state index contributed by atoms with van der Waals surface area (Å²) < 4.78 is 41.3. The van der Waals surface area contributed by atoms with Gasteiger partial charge in [-0.25, -0.2) is 4.99 Å². The van der Waals surface area contributed by atoms with Crippen LogP contribution in [0.25, 0.3) is 0 Å². The topological polar surface area (TPSA) is 67.4 Å². The Kier molecular flexibility index (Phi) is 10.6. The van der Waals surface area contributed by atoms with Crippen LogP contribution in [0.1, 0.15) is 26.3 Å². The van der Waals surface area contributed by atoms with Crippen LogP contribution in [0.15, 0.2) is 23.2 Å². The van der Waals surface area contributed by atoms with Crippen molar-refractivity contribution in [1.29, 1.82) is 0 Å². The highest BCUT2D eigenvalue weighted by Gasteiger charge is 2.16. The first kappa shape index (κ1) is 24.1. The fourth-order valence-electron chi connectivity index (χ4n) is 3.24. The molecule has 1 aromatic carbocycles. The van der Waals surface area contributed by atoms with E-state index in [1.807, 2.05) is 6.92 Å². The Balaban J connectivity index is 2.00. The second-order valence-corrected chi connectivity index (χ2v) is 7.15. The van der Waals surface area contributed by atoms with Crippen molar-refractivity contribution < 1.29 is 23.0 Å². The summed E-state index contributed by atoms with van der Waals surface area (Å²) in [5, 5.41) is 6.54. The molecular formula is C21H34F2N4O3. The molecule has 0 aliphatic carbocycles. The van der Waals surface area contributed by atoms with Gasteiger partial charge in [0.25, 0.3) is 0 Å². The molecule has 1 unspecified atom stereocenters. The van der Waals surface area contributed by atoms with Gasteiger partial charge in [-0.2, -0.15) is 8.78 Å². The summed E-state index contributed by atoms with van der Waals surface area (Å²) in [5.41, 5.74) is 0.541. The molecule has 0 amide bonds. The van der Waals surface area contributed by atoms with Crippen LogP contribution in [-0.2, 0) is 11.3 Å². The Labute approximate surface area is 177 Å². The highest BCUT2D eigenvalue weighted by Crippen LogP contribution is 2.33. The Hall–Kier alpha value is -2.13. The van der Waals surface area contributed by atoms with E-state index in [0.29, 0.717) is 36.3 Å². The molecule has 1 aliphatic rings. The van der Waals surface area contributed by atoms with Crippen LogP contribution in [0.4, 0.5) is 8.78 Å². The van der Waals surface area contributed by atoms with Gasteiger partial charge >= 0.3 is 6.61 Å². The first-order valence-electron chi connectivity index (χ1n) is 10.5. The second kappa shape index (κ2) is 13.2. The first-order chi connectivity index (χ1) is 14.5. The Morgan fingerprint density at radius 3 is 2.67 bits per heavy atom. The van der Waals surface area contributed by atoms with Gasteiger partial charge in [0.2, 0.25) is 0 Å². The summed E-state index contributed by atoms with van der Waals surface area (Å²) in [6.07, 6.45) is 0. The summed E-state index contributed by atoms with van der Waals surface area (Å²) in [6, 6.07) is 5.08. The molecule has 1 atom stereocenters. The number of hydrogen-bond donors (Lipinski definition) is 2. The molecule has 0 spiro atoms. The minimum atomic E-state index is -2.93. The summed E-state index contributed by atoms with van der Waals surface area (Å²) in [4.78, 5) is 6.95. The van der Waals surface area contributed by atoms with Gasteiger partial charge in [-0.15, -0.1) is 0 Å². The molecule has 170 valence electrons. The van der Waals surface area contributed by atoms with E-state index < -0.39 is 6.61 Å². The second-order valence-electron chi connectivity index (χ2n) is 7.15. The Morgan fingerprint density at radius 2 is 2.00 bits per heavy atom. The predicted molar refractivity (Wildman–Crippen MR) is 113 cm³/mol. The lowest BCUT2D eigenvalue weighted by Crippen LogP contribution is -2.44. The van der Waals surface area contributed by atoms with E-state index in [2.05, 4.69) is 27.4 Å². The van der Waals surface area contributed by atoms with Crippen LogP contribution in [0.2, 0.25) is 0 Å². The van der Waals surface area contributed by atoms with Crippen molar-refractivity contribution in [2.24, 2.45) is 10.9 Å². The molecule has 9 heteroatoms. The average molecular weight is 429 g/mol. The molecule has 2 N–H and O–H groups in total. The predicted octanol–water partition coefficient (Wildman–Crippen LogP) is 2.71. The summed E-state index contributed by atoms with van der Waals surface area (Å²) in [5.74, 6) is 1.39. The minimum Gasteiger partial charge on any atom is -0.490 e. The third-order valence-electron chi connectivity index (χ3n) is 4.61. The summed E-state index contributed by atoms with van der Waals surface area (Å²) in [7, 11) is 0. The van der Waals surface area contributed by atoms with Crippen LogP contribution >= 0.6 is 0 Å². The number of morpholine rings is 1. The maximum Gasteiger partial charge on any atom is 0.387 e. The maximum absolute atomic E-state index is 12.9. The molecule has 2 rings (SSSR count). The van der Waals surface area contributed by atoms with Crippen molar-refractivity contribution in [3.8, 4) is 11.5 Å². The van der Waals surface area contributed by atoms with E-state index in [1.165, 1.54) is 0 Å². The normalized spacial score (nSPS) is 16.4. The van der Waals surface area contributed by atoms with Gasteiger partial charge in [0, 0.05) is 38.3 Å². The molecule has 0 bridgehead atoms. The van der Waals surface area contributed by atoms with Gasteiger partial charge in [0.1, 0.15) is 0 Å². The number of hydrogen-bond acceptors (Lipinski definition) is 5. The SMILES string of the molecule is CCNC(=NCc1cccc(OCC)c1OC(F)F)NCC(C)CN1CCOCC1. The van der Waals surface area contributed by atoms with Crippen molar-refractivity contribution in [1.82, 2.24) is 15.5 Å². The van der Waals surface area contributed by atoms with Crippen LogP contribution in [0.5, 0.6) is 11.5 Å². The van der Waals surface area contributed by atoms with Gasteiger partial charge in [-0.05, 0) is 25.8 Å². The summed E-state index contributed by atoms with van der Waals surface area (Å²) in [6.45, 7) is 9.51. The molecule has 1 aromatic rings. The zero-order chi connectivity index (χ0) is 21.8. The third kappa shape index (κ3) is 8.31. The van der Waals surface area contributed by atoms with E-state index in [-0.39, 0.29) is 12.3 Å². The Morgan fingerprint density at radius 1 is 1.23 bits per heavy atom. The van der Waals surface area contributed by atoms with Gasteiger partial charge < -0.3 is 24.8 Å². The third-order valence-corrected chi connectivity index (χ3v) is 4.61. The molecule has 0 saturated carbocycles. The molecule has 0 radical (unpaired) electrons. The molecule has 1 fully saturated rings. The van der Waals surface area contributed by atoms with Gasteiger partial charge in [-0.1, -0.05) is 19.1 Å². The van der Waals surface area contributed by atoms with Crippen molar-refractivity contribution in [3.63, 3.8) is 0 Å². The molecule has 30 heavy (non-hydrogen) atoms. The molecule has 1 saturated heterocycles. The lowest BCUT2D eigenvalue weighted by molar-refractivity contribution is -0.0520. The number of rotatable bonds is 11. The monoisotopic (exact) mass is 428 g/mol. The first-order valence-corrected chi connectivity index (χ1v) is 10.5. The van der Waals surface area contributed by atoms with Crippen molar-refractivity contribution in [2.45, 2.75) is 33.9 Å². The lowest BCUT2D eigenvalue weighted by Gasteiger charge is -2.29. The van der Waals surface area contributed by atoms with E-state index in [0.717, 1.165) is 39.4 Å². The smallest absolute Gasteiger partial charge is 0.387 e. The number of ether oxygens (including phenoxy) is 3.